The molecule has 0 saturated heterocycles. The highest BCUT2D eigenvalue weighted by Gasteiger charge is 2.17. The normalized spacial score (nSPS) is 11.0. The van der Waals surface area contributed by atoms with Crippen molar-refractivity contribution in [2.75, 3.05) is 0 Å². The van der Waals surface area contributed by atoms with Crippen molar-refractivity contribution in [3.05, 3.63) is 69.0 Å². The van der Waals surface area contributed by atoms with Crippen molar-refractivity contribution in [2.45, 2.75) is 0 Å². The number of oxime groups is 1. The Morgan fingerprint density at radius 3 is 2.77 bits per heavy atom. The molecule has 0 aliphatic rings. The van der Waals surface area contributed by atoms with E-state index in [2.05, 4.69) is 15.0 Å². The van der Waals surface area contributed by atoms with Crippen LogP contribution in [0.5, 0.6) is 0 Å². The quantitative estimate of drug-likeness (QED) is 0.303. The first kappa shape index (κ1) is 15.4. The number of halogens is 1. The first-order valence-corrected chi connectivity index (χ1v) is 6.27. The van der Waals surface area contributed by atoms with Gasteiger partial charge < -0.3 is 10.6 Å². The molecule has 9 heteroatoms. The predicted molar refractivity (Wildman–Crippen MR) is 78.5 cm³/mol. The lowest BCUT2D eigenvalue weighted by Crippen LogP contribution is -2.16. The number of benzene rings is 1. The Morgan fingerprint density at radius 1 is 1.36 bits per heavy atom. The van der Waals surface area contributed by atoms with Crippen LogP contribution in [0.2, 0.25) is 5.02 Å². The molecular weight excluding hydrogens is 312 g/mol. The van der Waals surface area contributed by atoms with Gasteiger partial charge >= 0.3 is 5.97 Å². The highest BCUT2D eigenvalue weighted by Crippen LogP contribution is 2.25. The summed E-state index contributed by atoms with van der Waals surface area (Å²) in [4.78, 5) is 30.4. The van der Waals surface area contributed by atoms with Crippen LogP contribution in [0.25, 0.3) is 0 Å². The summed E-state index contributed by atoms with van der Waals surface area (Å²) in [6, 6.07) is 8.47. The third kappa shape index (κ3) is 3.55. The van der Waals surface area contributed by atoms with Crippen LogP contribution in [0.15, 0.2) is 47.8 Å². The van der Waals surface area contributed by atoms with Gasteiger partial charge in [-0.2, -0.15) is 0 Å². The Hall–Kier alpha value is -3.00. The van der Waals surface area contributed by atoms with Gasteiger partial charge in [0.15, 0.2) is 5.84 Å². The number of nitrogens with two attached hydrogens (primary N) is 1. The van der Waals surface area contributed by atoms with Gasteiger partial charge in [0.25, 0.3) is 5.69 Å². The number of pyridine rings is 1. The van der Waals surface area contributed by atoms with Crippen molar-refractivity contribution in [3.8, 4) is 0 Å². The molecule has 0 radical (unpaired) electrons. The van der Waals surface area contributed by atoms with Crippen LogP contribution >= 0.6 is 11.6 Å². The van der Waals surface area contributed by atoms with Crippen molar-refractivity contribution in [1.82, 2.24) is 4.98 Å². The van der Waals surface area contributed by atoms with Crippen molar-refractivity contribution >= 4 is 29.1 Å². The summed E-state index contributed by atoms with van der Waals surface area (Å²) < 4.78 is 0. The average Bonchev–Trinajstić information content (AvgIpc) is 2.53. The van der Waals surface area contributed by atoms with Gasteiger partial charge in [-0.25, -0.2) is 4.79 Å². The standard InChI is InChI=1S/C13H9ClN4O4/c14-9-5-4-8(7-11(9)18(20)21)13(19)22-17-12(15)10-3-1-2-6-16-10/h1-7H,(H2,15,17). The van der Waals surface area contributed by atoms with E-state index in [4.69, 9.17) is 17.3 Å². The van der Waals surface area contributed by atoms with Crippen molar-refractivity contribution in [3.63, 3.8) is 0 Å². The minimum atomic E-state index is -0.904. The van der Waals surface area contributed by atoms with E-state index in [0.29, 0.717) is 5.69 Å². The van der Waals surface area contributed by atoms with Gasteiger partial charge in [0.05, 0.1) is 10.5 Å². The fourth-order valence-corrected chi connectivity index (χ4v) is 1.67. The third-order valence-corrected chi connectivity index (χ3v) is 2.85. The number of carbonyl (C=O) groups is 1. The molecule has 0 fully saturated rings. The monoisotopic (exact) mass is 320 g/mol. The summed E-state index contributed by atoms with van der Waals surface area (Å²) in [7, 11) is 0. The van der Waals surface area contributed by atoms with Crippen LogP contribution in [-0.2, 0) is 4.84 Å². The molecule has 1 aromatic heterocycles. The summed E-state index contributed by atoms with van der Waals surface area (Å²) in [6.45, 7) is 0. The predicted octanol–water partition coefficient (Wildman–Crippen LogP) is 2.12. The highest BCUT2D eigenvalue weighted by atomic mass is 35.5. The zero-order valence-electron chi connectivity index (χ0n) is 11.0. The zero-order valence-corrected chi connectivity index (χ0v) is 11.7. The number of rotatable bonds is 4. The van der Waals surface area contributed by atoms with Gasteiger partial charge in [-0.05, 0) is 24.3 Å². The number of nitro benzene ring substituents is 1. The first-order valence-electron chi connectivity index (χ1n) is 5.89. The Bertz CT molecular complexity index is 749. The van der Waals surface area contributed by atoms with Gasteiger partial charge in [-0.15, -0.1) is 0 Å². The van der Waals surface area contributed by atoms with E-state index in [-0.39, 0.29) is 16.4 Å². The van der Waals surface area contributed by atoms with Gasteiger partial charge in [-0.3, -0.25) is 15.1 Å². The number of nitro groups is 1. The molecule has 112 valence electrons. The van der Waals surface area contributed by atoms with Crippen LogP contribution in [0, 0.1) is 10.1 Å². The molecule has 0 aliphatic carbocycles. The molecule has 1 heterocycles. The van der Waals surface area contributed by atoms with Gasteiger partial charge in [0.2, 0.25) is 0 Å². The van der Waals surface area contributed by atoms with E-state index in [1.165, 1.54) is 18.3 Å². The lowest BCUT2D eigenvalue weighted by atomic mass is 10.2. The largest absolute Gasteiger partial charge is 0.379 e. The van der Waals surface area contributed by atoms with Crippen molar-refractivity contribution in [1.29, 1.82) is 0 Å². The van der Waals surface area contributed by atoms with E-state index < -0.39 is 16.6 Å². The van der Waals surface area contributed by atoms with Gasteiger partial charge in [0.1, 0.15) is 10.7 Å². The Balaban J connectivity index is 2.16. The molecule has 2 rings (SSSR count). The number of carbonyl (C=O) groups excluding carboxylic acids is 1. The molecule has 8 nitrogen and oxygen atoms in total. The molecule has 2 aromatic rings. The minimum Gasteiger partial charge on any atom is -0.379 e. The lowest BCUT2D eigenvalue weighted by Gasteiger charge is -2.01. The molecule has 2 N–H and O–H groups in total. The van der Waals surface area contributed by atoms with Crippen LogP contribution in [-0.4, -0.2) is 21.7 Å². The Labute approximate surface area is 129 Å². The second-order valence-electron chi connectivity index (χ2n) is 3.99. The second-order valence-corrected chi connectivity index (χ2v) is 4.40. The maximum absolute atomic E-state index is 11.8. The number of hydrogen-bond donors (Lipinski definition) is 1. The molecule has 0 saturated carbocycles. The van der Waals surface area contributed by atoms with Crippen molar-refractivity contribution in [2.24, 2.45) is 10.9 Å². The zero-order chi connectivity index (χ0) is 16.1. The summed E-state index contributed by atoms with van der Waals surface area (Å²) in [5.74, 6) is -1.00. The van der Waals surface area contributed by atoms with E-state index in [1.807, 2.05) is 0 Å². The summed E-state index contributed by atoms with van der Waals surface area (Å²) in [6.07, 6.45) is 1.50. The van der Waals surface area contributed by atoms with E-state index in [9.17, 15) is 14.9 Å². The summed E-state index contributed by atoms with van der Waals surface area (Å²) in [5.41, 5.74) is 5.46. The number of nitrogens with zero attached hydrogens (tertiary/aromatic N) is 3. The van der Waals surface area contributed by atoms with Crippen LogP contribution < -0.4 is 5.73 Å². The number of hydrogen-bond acceptors (Lipinski definition) is 6. The second kappa shape index (κ2) is 6.64. The average molecular weight is 321 g/mol. The molecule has 1 aromatic carbocycles. The number of aromatic nitrogens is 1. The van der Waals surface area contributed by atoms with Gasteiger partial charge in [-0.1, -0.05) is 22.8 Å². The fraction of sp³-hybridized carbons (Fsp3) is 0. The molecular formula is C13H9ClN4O4. The third-order valence-electron chi connectivity index (χ3n) is 2.53. The fourth-order valence-electron chi connectivity index (χ4n) is 1.48. The molecule has 0 spiro atoms. The lowest BCUT2D eigenvalue weighted by molar-refractivity contribution is -0.384. The SMILES string of the molecule is NC(=NOC(=O)c1ccc(Cl)c([N+](=O)[O-])c1)c1ccccn1. The number of amidine groups is 1. The van der Waals surface area contributed by atoms with E-state index in [1.54, 1.807) is 18.2 Å². The Morgan fingerprint density at radius 2 is 2.14 bits per heavy atom. The van der Waals surface area contributed by atoms with Crippen LogP contribution in [0.1, 0.15) is 16.1 Å². The smallest absolute Gasteiger partial charge is 0.366 e. The molecule has 22 heavy (non-hydrogen) atoms. The molecule has 0 atom stereocenters. The summed E-state index contributed by atoms with van der Waals surface area (Å²) >= 11 is 5.65. The maximum Gasteiger partial charge on any atom is 0.366 e. The summed E-state index contributed by atoms with van der Waals surface area (Å²) in [5, 5.41) is 14.1. The van der Waals surface area contributed by atoms with Crippen LogP contribution in [0.4, 0.5) is 5.69 Å². The molecule has 0 bridgehead atoms. The van der Waals surface area contributed by atoms with Crippen molar-refractivity contribution < 1.29 is 14.6 Å². The van der Waals surface area contributed by atoms with E-state index >= 15 is 0 Å². The highest BCUT2D eigenvalue weighted by molar-refractivity contribution is 6.32. The molecule has 0 amide bonds. The Kier molecular flexibility index (Phi) is 4.64. The van der Waals surface area contributed by atoms with E-state index in [0.717, 1.165) is 6.07 Å². The molecule has 0 unspecified atom stereocenters. The first-order chi connectivity index (χ1) is 10.5. The topological polar surface area (TPSA) is 121 Å². The van der Waals surface area contributed by atoms with Crippen LogP contribution in [0.3, 0.4) is 0 Å². The molecule has 0 aliphatic heterocycles. The minimum absolute atomic E-state index is 0.0753. The van der Waals surface area contributed by atoms with Gasteiger partial charge in [0, 0.05) is 12.3 Å². The maximum atomic E-state index is 11.8.